The zero-order valence-corrected chi connectivity index (χ0v) is 25.7. The second-order valence-electron chi connectivity index (χ2n) is 10.9. The van der Waals surface area contributed by atoms with E-state index >= 15 is 0 Å². The van der Waals surface area contributed by atoms with Gasteiger partial charge >= 0.3 is 0 Å². The highest BCUT2D eigenvalue weighted by molar-refractivity contribution is 8.22. The van der Waals surface area contributed by atoms with Crippen molar-refractivity contribution in [1.82, 2.24) is 14.2 Å². The monoisotopic (exact) mass is 617 g/mol. The molecule has 0 aliphatic carbocycles. The van der Waals surface area contributed by atoms with Crippen LogP contribution in [0.1, 0.15) is 55.0 Å². The average Bonchev–Trinajstić information content (AvgIpc) is 3.30. The molecule has 7 nitrogen and oxygen atoms in total. The fraction of sp³-hybridized carbons (Fsp3) is 0.419. The number of amides is 1. The number of benzene rings is 2. The number of hydrogen-bond donors (Lipinski definition) is 2. The van der Waals surface area contributed by atoms with Gasteiger partial charge in [0.05, 0.1) is 18.9 Å². The van der Waals surface area contributed by atoms with Crippen molar-refractivity contribution >= 4 is 39.9 Å². The highest BCUT2D eigenvalue weighted by Gasteiger charge is 2.46. The molecule has 2 aliphatic rings. The minimum Gasteiger partial charge on any atom is -0.481 e. The molecule has 3 aromatic rings. The van der Waals surface area contributed by atoms with Crippen molar-refractivity contribution < 1.29 is 18.6 Å². The van der Waals surface area contributed by atoms with Gasteiger partial charge in [-0.1, -0.05) is 60.5 Å². The van der Waals surface area contributed by atoms with Crippen LogP contribution in [0.2, 0.25) is 10.0 Å². The van der Waals surface area contributed by atoms with Gasteiger partial charge in [0, 0.05) is 59.2 Å². The molecule has 2 fully saturated rings. The molecule has 5 rings (SSSR count). The van der Waals surface area contributed by atoms with Gasteiger partial charge in [-0.05, 0) is 60.7 Å². The van der Waals surface area contributed by atoms with Crippen molar-refractivity contribution in [2.45, 2.75) is 50.6 Å². The SMILES string of the molecule is CCC(CN1CCCS1(O)O)N1C(=O)C(Cc2cccc(OC)n2)CC(c2cccc(Cl)c2)C1c1ccc(Cl)cc1. The van der Waals surface area contributed by atoms with Crippen molar-refractivity contribution in [3.8, 4) is 5.88 Å². The third kappa shape index (κ3) is 6.69. The summed E-state index contributed by atoms with van der Waals surface area (Å²) < 4.78 is 28.6. The van der Waals surface area contributed by atoms with Crippen molar-refractivity contribution in [3.63, 3.8) is 0 Å². The van der Waals surface area contributed by atoms with Gasteiger partial charge in [0.1, 0.15) is 0 Å². The predicted molar refractivity (Wildman–Crippen MR) is 166 cm³/mol. The van der Waals surface area contributed by atoms with Crippen LogP contribution in [0.4, 0.5) is 0 Å². The van der Waals surface area contributed by atoms with Gasteiger partial charge in [-0.2, -0.15) is 0 Å². The van der Waals surface area contributed by atoms with Gasteiger partial charge < -0.3 is 9.64 Å². The lowest BCUT2D eigenvalue weighted by atomic mass is 9.74. The van der Waals surface area contributed by atoms with E-state index in [2.05, 4.69) is 18.0 Å². The smallest absolute Gasteiger partial charge is 0.226 e. The molecule has 4 unspecified atom stereocenters. The normalized spacial score (nSPS) is 24.3. The molecule has 10 heteroatoms. The Bertz CT molecular complexity index is 1360. The summed E-state index contributed by atoms with van der Waals surface area (Å²) in [6.07, 6.45) is 2.46. The zero-order valence-electron chi connectivity index (χ0n) is 23.3. The maximum Gasteiger partial charge on any atom is 0.226 e. The number of halogens is 2. The van der Waals surface area contributed by atoms with Gasteiger partial charge in [-0.15, -0.1) is 10.8 Å². The van der Waals surface area contributed by atoms with Crippen LogP contribution in [-0.2, 0) is 11.2 Å². The number of hydrogen-bond acceptors (Lipinski definition) is 6. The number of methoxy groups -OCH3 is 1. The fourth-order valence-corrected chi connectivity index (χ4v) is 8.20. The number of pyridine rings is 1. The second-order valence-corrected chi connectivity index (χ2v) is 13.9. The molecule has 220 valence electrons. The van der Waals surface area contributed by atoms with E-state index in [1.54, 1.807) is 17.5 Å². The molecule has 0 bridgehead atoms. The number of aromatic nitrogens is 1. The topological polar surface area (TPSA) is 86.1 Å². The van der Waals surface area contributed by atoms with Crippen LogP contribution in [0.3, 0.4) is 0 Å². The zero-order chi connectivity index (χ0) is 29.1. The van der Waals surface area contributed by atoms with Crippen LogP contribution in [0.25, 0.3) is 0 Å². The lowest BCUT2D eigenvalue weighted by Crippen LogP contribution is -2.54. The Balaban J connectivity index is 1.60. The number of carbonyl (C=O) groups excluding carboxylic acids is 1. The summed E-state index contributed by atoms with van der Waals surface area (Å²) >= 11 is 12.8. The molecule has 41 heavy (non-hydrogen) atoms. The number of carbonyl (C=O) groups is 1. The van der Waals surface area contributed by atoms with Gasteiger partial charge in [0.25, 0.3) is 0 Å². The van der Waals surface area contributed by atoms with Crippen LogP contribution < -0.4 is 4.74 Å². The molecular weight excluding hydrogens is 581 g/mol. The third-order valence-corrected chi connectivity index (χ3v) is 10.8. The van der Waals surface area contributed by atoms with Crippen LogP contribution in [0.15, 0.2) is 66.7 Å². The van der Waals surface area contributed by atoms with Crippen molar-refractivity contribution in [3.05, 3.63) is 93.6 Å². The van der Waals surface area contributed by atoms with Gasteiger partial charge in [0.2, 0.25) is 11.8 Å². The summed E-state index contributed by atoms with van der Waals surface area (Å²) in [5.41, 5.74) is 2.83. The van der Waals surface area contributed by atoms with E-state index in [1.807, 2.05) is 59.5 Å². The van der Waals surface area contributed by atoms with E-state index in [0.29, 0.717) is 54.0 Å². The maximum atomic E-state index is 14.6. The van der Waals surface area contributed by atoms with Crippen LogP contribution in [-0.4, -0.2) is 61.2 Å². The molecule has 0 saturated carbocycles. The maximum absolute atomic E-state index is 14.6. The molecule has 2 saturated heterocycles. The Labute approximate surface area is 253 Å². The van der Waals surface area contributed by atoms with E-state index in [-0.39, 0.29) is 29.8 Å². The molecule has 3 heterocycles. The standard InChI is InChI=1S/C31H37Cl2N3O4S/c1-3-27(20-35-15-6-16-41(35,38)39)36-30(21-11-13-24(32)14-12-21)28(22-7-4-8-25(33)17-22)19-23(31(36)37)18-26-9-5-10-29(34-26)40-2/h4-5,7-14,17,23,27-28,30,38-39H,3,6,15-16,18-20H2,1-2H3. The van der Waals surface area contributed by atoms with Crippen molar-refractivity contribution in [1.29, 1.82) is 0 Å². The lowest BCUT2D eigenvalue weighted by molar-refractivity contribution is -0.147. The Morgan fingerprint density at radius 3 is 2.46 bits per heavy atom. The van der Waals surface area contributed by atoms with Crippen molar-refractivity contribution in [2.24, 2.45) is 5.92 Å². The van der Waals surface area contributed by atoms with Crippen LogP contribution in [0, 0.1) is 5.92 Å². The largest absolute Gasteiger partial charge is 0.481 e. The molecule has 1 amide bonds. The molecule has 2 aromatic carbocycles. The molecule has 0 radical (unpaired) electrons. The summed E-state index contributed by atoms with van der Waals surface area (Å²) in [7, 11) is -1.26. The minimum atomic E-state index is -2.84. The Morgan fingerprint density at radius 2 is 1.80 bits per heavy atom. The number of ether oxygens (including phenoxy) is 1. The third-order valence-electron chi connectivity index (χ3n) is 8.28. The number of rotatable bonds is 9. The van der Waals surface area contributed by atoms with E-state index in [9.17, 15) is 13.9 Å². The molecule has 4 atom stereocenters. The van der Waals surface area contributed by atoms with E-state index in [0.717, 1.165) is 23.2 Å². The Hall–Kier alpha value is -2.33. The van der Waals surface area contributed by atoms with E-state index in [1.165, 1.54) is 0 Å². The van der Waals surface area contributed by atoms with E-state index in [4.69, 9.17) is 27.9 Å². The molecule has 1 aromatic heterocycles. The molecule has 2 aliphatic heterocycles. The summed E-state index contributed by atoms with van der Waals surface area (Å²) in [5.74, 6) is 0.521. The Kier molecular flexibility index (Phi) is 9.48. The van der Waals surface area contributed by atoms with Crippen LogP contribution in [0.5, 0.6) is 5.88 Å². The Morgan fingerprint density at radius 1 is 1.05 bits per heavy atom. The number of likely N-dealkylation sites (tertiary alicyclic amines) is 1. The quantitative estimate of drug-likeness (QED) is 0.259. The second kappa shape index (κ2) is 12.9. The van der Waals surface area contributed by atoms with Crippen molar-refractivity contribution in [2.75, 3.05) is 26.0 Å². The minimum absolute atomic E-state index is 0.0374. The average molecular weight is 619 g/mol. The van der Waals surface area contributed by atoms with Gasteiger partial charge in [-0.3, -0.25) is 13.9 Å². The van der Waals surface area contributed by atoms with E-state index < -0.39 is 10.8 Å². The first kappa shape index (κ1) is 30.1. The summed E-state index contributed by atoms with van der Waals surface area (Å²) in [6.45, 7) is 3.04. The summed E-state index contributed by atoms with van der Waals surface area (Å²) in [4.78, 5) is 21.2. The lowest BCUT2D eigenvalue weighted by Gasteiger charge is -2.50. The predicted octanol–water partition coefficient (Wildman–Crippen LogP) is 7.46. The molecule has 2 N–H and O–H groups in total. The van der Waals surface area contributed by atoms with Gasteiger partial charge in [-0.25, -0.2) is 9.29 Å². The molecule has 0 spiro atoms. The summed E-state index contributed by atoms with van der Waals surface area (Å²) in [5, 5.41) is 1.27. The summed E-state index contributed by atoms with van der Waals surface area (Å²) in [6, 6.07) is 20.7. The first-order valence-corrected chi connectivity index (χ1v) is 16.5. The van der Waals surface area contributed by atoms with Crippen LogP contribution >= 0.6 is 34.0 Å². The molecular formula is C31H37Cl2N3O4S. The highest BCUT2D eigenvalue weighted by atomic mass is 35.5. The first-order valence-electron chi connectivity index (χ1n) is 14.0. The number of piperidine rings is 1. The van der Waals surface area contributed by atoms with Gasteiger partial charge in [0.15, 0.2) is 0 Å². The number of nitrogens with zero attached hydrogens (tertiary/aromatic N) is 3. The highest BCUT2D eigenvalue weighted by Crippen LogP contribution is 2.51. The fourth-order valence-electron chi connectivity index (χ4n) is 6.27. The first-order chi connectivity index (χ1) is 19.7.